The minimum atomic E-state index is -0.699. The molecule has 0 aliphatic heterocycles. The average molecular weight is 457 g/mol. The third-order valence-electron chi connectivity index (χ3n) is 4.47. The molecule has 155 valence electrons. The number of benzene rings is 3. The highest BCUT2D eigenvalue weighted by molar-refractivity contribution is 6.42. The largest absolute Gasteiger partial charge is 0.496 e. The SMILES string of the molecule is COc1ccc([C]=O)c(C(=O)c2ccc([N+](=O)[O-])cc2)c1C(=O)c1ccc(Cl)c(Cl)c1. The molecular weight excluding hydrogens is 445 g/mol. The van der Waals surface area contributed by atoms with Gasteiger partial charge in [0.1, 0.15) is 5.75 Å². The van der Waals surface area contributed by atoms with E-state index in [1.165, 1.54) is 49.6 Å². The third-order valence-corrected chi connectivity index (χ3v) is 5.21. The van der Waals surface area contributed by atoms with Crippen molar-refractivity contribution in [3.63, 3.8) is 0 Å². The van der Waals surface area contributed by atoms with Crippen LogP contribution in [-0.2, 0) is 4.79 Å². The Bertz CT molecular complexity index is 1220. The lowest BCUT2D eigenvalue weighted by Crippen LogP contribution is -2.16. The number of ketones is 2. The molecule has 0 heterocycles. The number of hydrogen-bond donors (Lipinski definition) is 0. The van der Waals surface area contributed by atoms with Crippen molar-refractivity contribution in [1.82, 2.24) is 0 Å². The summed E-state index contributed by atoms with van der Waals surface area (Å²) >= 11 is 11.9. The molecule has 0 aromatic heterocycles. The second-order valence-electron chi connectivity index (χ2n) is 6.26. The predicted octanol–water partition coefficient (Wildman–Crippen LogP) is 4.83. The summed E-state index contributed by atoms with van der Waals surface area (Å²) in [6.45, 7) is 0. The number of non-ortho nitro benzene ring substituents is 1. The molecule has 31 heavy (non-hydrogen) atoms. The number of nitro groups is 1. The minimum absolute atomic E-state index is 0.0403. The van der Waals surface area contributed by atoms with Crippen LogP contribution in [-0.4, -0.2) is 29.9 Å². The topological polar surface area (TPSA) is 104 Å². The smallest absolute Gasteiger partial charge is 0.269 e. The number of rotatable bonds is 7. The fourth-order valence-electron chi connectivity index (χ4n) is 2.96. The summed E-state index contributed by atoms with van der Waals surface area (Å²) in [6.07, 6.45) is 1.66. The van der Waals surface area contributed by atoms with Crippen LogP contribution in [0, 0.1) is 10.1 Å². The summed E-state index contributed by atoms with van der Waals surface area (Å²) < 4.78 is 5.27. The summed E-state index contributed by atoms with van der Waals surface area (Å²) in [7, 11) is 1.31. The predicted molar refractivity (Wildman–Crippen MR) is 114 cm³/mol. The van der Waals surface area contributed by atoms with Crippen LogP contribution >= 0.6 is 23.2 Å². The van der Waals surface area contributed by atoms with Gasteiger partial charge in [0, 0.05) is 34.4 Å². The lowest BCUT2D eigenvalue weighted by molar-refractivity contribution is -0.384. The van der Waals surface area contributed by atoms with Gasteiger partial charge in [-0.2, -0.15) is 0 Å². The number of carbonyl (C=O) groups is 2. The summed E-state index contributed by atoms with van der Waals surface area (Å²) in [5.74, 6) is -1.27. The summed E-state index contributed by atoms with van der Waals surface area (Å²) in [5.41, 5.74) is -0.611. The number of hydrogen-bond acceptors (Lipinski definition) is 6. The zero-order chi connectivity index (χ0) is 22.7. The first-order chi connectivity index (χ1) is 14.8. The van der Waals surface area contributed by atoms with Crippen LogP contribution in [0.5, 0.6) is 5.75 Å². The van der Waals surface area contributed by atoms with Crippen LogP contribution in [0.1, 0.15) is 37.4 Å². The molecule has 0 atom stereocenters. The fourth-order valence-corrected chi connectivity index (χ4v) is 3.26. The van der Waals surface area contributed by atoms with Gasteiger partial charge in [0.15, 0.2) is 11.6 Å². The van der Waals surface area contributed by atoms with E-state index in [2.05, 4.69) is 0 Å². The van der Waals surface area contributed by atoms with Crippen molar-refractivity contribution in [2.24, 2.45) is 0 Å². The normalized spacial score (nSPS) is 10.4. The number of carbonyl (C=O) groups excluding carboxylic acids is 3. The first kappa shape index (κ1) is 22.1. The lowest BCUT2D eigenvalue weighted by Gasteiger charge is -2.15. The van der Waals surface area contributed by atoms with E-state index in [-0.39, 0.29) is 49.3 Å². The first-order valence-electron chi connectivity index (χ1n) is 8.66. The Labute approximate surface area is 186 Å². The number of methoxy groups -OCH3 is 1. The molecule has 0 saturated carbocycles. The molecule has 3 aromatic rings. The highest BCUT2D eigenvalue weighted by Crippen LogP contribution is 2.32. The molecule has 0 saturated heterocycles. The molecule has 0 spiro atoms. The lowest BCUT2D eigenvalue weighted by atomic mass is 9.89. The third kappa shape index (κ3) is 4.33. The van der Waals surface area contributed by atoms with E-state index in [0.717, 1.165) is 12.1 Å². The van der Waals surface area contributed by atoms with E-state index in [1.54, 1.807) is 6.29 Å². The second-order valence-corrected chi connectivity index (χ2v) is 7.07. The average Bonchev–Trinajstić information content (AvgIpc) is 2.78. The first-order valence-corrected chi connectivity index (χ1v) is 9.42. The number of halogens is 2. The number of nitro benzene ring substituents is 1. The van der Waals surface area contributed by atoms with Crippen molar-refractivity contribution in [3.05, 3.63) is 103 Å². The molecule has 0 unspecified atom stereocenters. The highest BCUT2D eigenvalue weighted by Gasteiger charge is 2.27. The number of nitrogens with zero attached hydrogens (tertiary/aromatic N) is 1. The van der Waals surface area contributed by atoms with Crippen LogP contribution < -0.4 is 4.74 Å². The van der Waals surface area contributed by atoms with Gasteiger partial charge in [0.2, 0.25) is 6.29 Å². The van der Waals surface area contributed by atoms with E-state index >= 15 is 0 Å². The van der Waals surface area contributed by atoms with Crippen molar-refractivity contribution in [3.8, 4) is 5.75 Å². The molecule has 0 bridgehead atoms. The Morgan fingerprint density at radius 2 is 1.52 bits per heavy atom. The van der Waals surface area contributed by atoms with Crippen LogP contribution in [0.15, 0.2) is 54.6 Å². The van der Waals surface area contributed by atoms with Gasteiger partial charge in [0.05, 0.1) is 27.6 Å². The van der Waals surface area contributed by atoms with Gasteiger partial charge in [-0.25, -0.2) is 0 Å². The van der Waals surface area contributed by atoms with Gasteiger partial charge in [-0.05, 0) is 42.5 Å². The van der Waals surface area contributed by atoms with E-state index < -0.39 is 16.5 Å². The van der Waals surface area contributed by atoms with Gasteiger partial charge < -0.3 is 4.74 Å². The van der Waals surface area contributed by atoms with Gasteiger partial charge in [0.25, 0.3) is 5.69 Å². The summed E-state index contributed by atoms with van der Waals surface area (Å²) in [4.78, 5) is 48.4. The maximum Gasteiger partial charge on any atom is 0.269 e. The maximum absolute atomic E-state index is 13.3. The summed E-state index contributed by atoms with van der Waals surface area (Å²) in [5, 5.41) is 11.2. The van der Waals surface area contributed by atoms with E-state index in [9.17, 15) is 24.5 Å². The van der Waals surface area contributed by atoms with Crippen molar-refractivity contribution >= 4 is 46.7 Å². The minimum Gasteiger partial charge on any atom is -0.496 e. The van der Waals surface area contributed by atoms with Crippen molar-refractivity contribution < 1.29 is 24.0 Å². The van der Waals surface area contributed by atoms with E-state index in [4.69, 9.17) is 27.9 Å². The van der Waals surface area contributed by atoms with Gasteiger partial charge in [-0.15, -0.1) is 0 Å². The van der Waals surface area contributed by atoms with Crippen molar-refractivity contribution in [2.45, 2.75) is 0 Å². The summed E-state index contributed by atoms with van der Waals surface area (Å²) in [6, 6.07) is 11.6. The second kappa shape index (κ2) is 9.07. The molecular formula is C22H12Cl2NO6. The number of ether oxygens (including phenoxy) is 1. The zero-order valence-corrected chi connectivity index (χ0v) is 17.4. The molecule has 0 aliphatic carbocycles. The van der Waals surface area contributed by atoms with E-state index in [1.807, 2.05) is 0 Å². The molecule has 3 aromatic carbocycles. The van der Waals surface area contributed by atoms with Gasteiger partial charge >= 0.3 is 0 Å². The highest BCUT2D eigenvalue weighted by atomic mass is 35.5. The molecule has 0 N–H and O–H groups in total. The quantitative estimate of drug-likeness (QED) is 0.286. The van der Waals surface area contributed by atoms with Crippen molar-refractivity contribution in [2.75, 3.05) is 7.11 Å². The Morgan fingerprint density at radius 1 is 0.903 bits per heavy atom. The van der Waals surface area contributed by atoms with Gasteiger partial charge in [-0.1, -0.05) is 23.2 Å². The molecule has 0 amide bonds. The Hall–Kier alpha value is -3.55. The van der Waals surface area contributed by atoms with Crippen LogP contribution in [0.4, 0.5) is 5.69 Å². The molecule has 1 radical (unpaired) electrons. The van der Waals surface area contributed by atoms with Gasteiger partial charge in [-0.3, -0.25) is 24.5 Å². The molecule has 7 nitrogen and oxygen atoms in total. The van der Waals surface area contributed by atoms with Crippen LogP contribution in [0.2, 0.25) is 10.0 Å². The standard InChI is InChI=1S/C22H12Cl2NO6/c1-31-18-9-5-14(11-26)19(21(27)12-2-6-15(7-3-12)25(29)30)20(18)22(28)13-4-8-16(23)17(24)10-13/h2-10H,1H3. The molecule has 0 aliphatic rings. The Balaban J connectivity index is 2.22. The van der Waals surface area contributed by atoms with Crippen LogP contribution in [0.3, 0.4) is 0 Å². The zero-order valence-electron chi connectivity index (χ0n) is 15.8. The van der Waals surface area contributed by atoms with E-state index in [0.29, 0.717) is 0 Å². The molecule has 9 heteroatoms. The maximum atomic E-state index is 13.3. The van der Waals surface area contributed by atoms with Crippen LogP contribution in [0.25, 0.3) is 0 Å². The monoisotopic (exact) mass is 456 g/mol. The molecule has 3 rings (SSSR count). The fraction of sp³-hybridized carbons (Fsp3) is 0.0455. The molecule has 0 fully saturated rings. The Morgan fingerprint density at radius 3 is 2.06 bits per heavy atom. The van der Waals surface area contributed by atoms with Crippen molar-refractivity contribution in [1.29, 1.82) is 0 Å². The Kier molecular flexibility index (Phi) is 6.48.